The molecule has 0 unspecified atom stereocenters. The van der Waals surface area contributed by atoms with E-state index in [-0.39, 0.29) is 12.1 Å². The van der Waals surface area contributed by atoms with Crippen LogP contribution in [0.25, 0.3) is 0 Å². The van der Waals surface area contributed by atoms with Gasteiger partial charge in [-0.25, -0.2) is 0 Å². The van der Waals surface area contributed by atoms with Crippen LogP contribution in [0.2, 0.25) is 0 Å². The molecule has 0 saturated heterocycles. The summed E-state index contributed by atoms with van der Waals surface area (Å²) >= 11 is 0. The molecular formula is C17H17N3O6. The molecule has 0 radical (unpaired) electrons. The minimum atomic E-state index is -1.31. The second-order valence-corrected chi connectivity index (χ2v) is 5.34. The first kappa shape index (κ1) is 18.7. The van der Waals surface area contributed by atoms with Crippen molar-refractivity contribution in [2.24, 2.45) is 0 Å². The molecule has 0 spiro atoms. The third-order valence-electron chi connectivity index (χ3n) is 3.55. The lowest BCUT2D eigenvalue weighted by molar-refractivity contribution is -0.135. The molecule has 2 aromatic rings. The number of pyridine rings is 1. The summed E-state index contributed by atoms with van der Waals surface area (Å²) in [7, 11) is 1.33. The number of nitrogens with one attached hydrogen (secondary N) is 2. The average Bonchev–Trinajstić information content (AvgIpc) is 2.62. The number of hydrogen-bond donors (Lipinski definition) is 4. The van der Waals surface area contributed by atoms with Crippen LogP contribution in [0.3, 0.4) is 0 Å². The van der Waals surface area contributed by atoms with E-state index in [2.05, 4.69) is 5.32 Å². The van der Waals surface area contributed by atoms with Crippen LogP contribution in [0, 0.1) is 0 Å². The summed E-state index contributed by atoms with van der Waals surface area (Å²) < 4.78 is 1.11. The van der Waals surface area contributed by atoms with Crippen molar-refractivity contribution in [2.45, 2.75) is 6.54 Å². The molecule has 4 N–H and O–H groups in total. The molecule has 0 aliphatic carbocycles. The van der Waals surface area contributed by atoms with Crippen molar-refractivity contribution in [3.05, 3.63) is 63.6 Å². The number of carboxylic acids is 1. The van der Waals surface area contributed by atoms with Crippen LogP contribution < -0.4 is 16.2 Å². The Morgan fingerprint density at radius 2 is 1.77 bits per heavy atom. The Kier molecular flexibility index (Phi) is 5.74. The standard InChI is InChI=1S/C17H17N3O6/c1-18-15(24)11-9-20(8-10-5-3-2-4-6-10)17(26)13(14(11)23)16(25)19-7-12(21)22/h2-6,9,23H,7-8H2,1H3,(H,18,24)(H,19,25)(H,21,22). The first-order valence-corrected chi connectivity index (χ1v) is 7.57. The van der Waals surface area contributed by atoms with Gasteiger partial charge in [-0.1, -0.05) is 30.3 Å². The van der Waals surface area contributed by atoms with Gasteiger partial charge in [0.15, 0.2) is 0 Å². The van der Waals surface area contributed by atoms with Crippen molar-refractivity contribution in [3.8, 4) is 5.75 Å². The van der Waals surface area contributed by atoms with Crippen LogP contribution >= 0.6 is 0 Å². The lowest BCUT2D eigenvalue weighted by Crippen LogP contribution is -2.37. The van der Waals surface area contributed by atoms with Gasteiger partial charge in [0.25, 0.3) is 17.4 Å². The zero-order chi connectivity index (χ0) is 19.3. The number of aromatic hydroxyl groups is 1. The molecular weight excluding hydrogens is 342 g/mol. The van der Waals surface area contributed by atoms with Crippen LogP contribution in [0.4, 0.5) is 0 Å². The fraction of sp³-hybridized carbons (Fsp3) is 0.176. The first-order valence-electron chi connectivity index (χ1n) is 7.57. The monoisotopic (exact) mass is 359 g/mol. The zero-order valence-electron chi connectivity index (χ0n) is 13.9. The third kappa shape index (κ3) is 4.07. The summed E-state index contributed by atoms with van der Waals surface area (Å²) in [6.45, 7) is -0.677. The van der Waals surface area contributed by atoms with E-state index < -0.39 is 41.2 Å². The molecule has 0 saturated carbocycles. The maximum Gasteiger partial charge on any atom is 0.322 e. The Labute approximate surface area is 147 Å². The Morgan fingerprint density at radius 3 is 2.35 bits per heavy atom. The van der Waals surface area contributed by atoms with Gasteiger partial charge >= 0.3 is 5.97 Å². The summed E-state index contributed by atoms with van der Waals surface area (Å²) in [6, 6.07) is 8.83. The smallest absolute Gasteiger partial charge is 0.322 e. The average molecular weight is 359 g/mol. The largest absolute Gasteiger partial charge is 0.506 e. The molecule has 9 nitrogen and oxygen atoms in total. The van der Waals surface area contributed by atoms with E-state index in [1.54, 1.807) is 30.3 Å². The summed E-state index contributed by atoms with van der Waals surface area (Å²) in [5.74, 6) is -3.90. The SMILES string of the molecule is CNC(=O)c1cn(Cc2ccccc2)c(=O)c(C(=O)NCC(=O)O)c1O. The van der Waals surface area contributed by atoms with E-state index in [4.69, 9.17) is 5.11 Å². The molecule has 136 valence electrons. The van der Waals surface area contributed by atoms with E-state index in [0.29, 0.717) is 0 Å². The van der Waals surface area contributed by atoms with E-state index >= 15 is 0 Å². The summed E-state index contributed by atoms with van der Waals surface area (Å²) in [6.07, 6.45) is 1.15. The zero-order valence-corrected chi connectivity index (χ0v) is 13.9. The van der Waals surface area contributed by atoms with E-state index in [1.807, 2.05) is 5.32 Å². The molecule has 1 heterocycles. The summed E-state index contributed by atoms with van der Waals surface area (Å²) in [5, 5.41) is 23.2. The van der Waals surface area contributed by atoms with E-state index in [9.17, 15) is 24.3 Å². The van der Waals surface area contributed by atoms with Crippen molar-refractivity contribution in [1.29, 1.82) is 0 Å². The third-order valence-corrected chi connectivity index (χ3v) is 3.55. The number of carboxylic acid groups (broad SMARTS) is 1. The lowest BCUT2D eigenvalue weighted by atomic mass is 10.1. The fourth-order valence-electron chi connectivity index (χ4n) is 2.30. The van der Waals surface area contributed by atoms with Crippen LogP contribution in [0.5, 0.6) is 5.75 Å². The number of aliphatic carboxylic acids is 1. The van der Waals surface area contributed by atoms with Gasteiger partial charge in [0, 0.05) is 13.2 Å². The van der Waals surface area contributed by atoms with Gasteiger partial charge in [-0.15, -0.1) is 0 Å². The number of hydrogen-bond acceptors (Lipinski definition) is 5. The first-order chi connectivity index (χ1) is 12.3. The minimum Gasteiger partial charge on any atom is -0.506 e. The Hall–Kier alpha value is -3.62. The number of benzene rings is 1. The number of rotatable bonds is 6. The highest BCUT2D eigenvalue weighted by Crippen LogP contribution is 2.20. The van der Waals surface area contributed by atoms with Crippen molar-refractivity contribution in [3.63, 3.8) is 0 Å². The highest BCUT2D eigenvalue weighted by atomic mass is 16.4. The molecule has 0 fully saturated rings. The molecule has 2 rings (SSSR count). The van der Waals surface area contributed by atoms with Crippen molar-refractivity contribution >= 4 is 17.8 Å². The molecule has 0 bridgehead atoms. The van der Waals surface area contributed by atoms with Gasteiger partial charge in [0.2, 0.25) is 0 Å². The number of carbonyl (C=O) groups excluding carboxylic acids is 2. The number of amides is 2. The molecule has 0 atom stereocenters. The Balaban J connectivity index is 2.56. The van der Waals surface area contributed by atoms with Crippen LogP contribution in [-0.2, 0) is 11.3 Å². The molecule has 1 aromatic carbocycles. The van der Waals surface area contributed by atoms with Gasteiger partial charge in [-0.2, -0.15) is 0 Å². The van der Waals surface area contributed by atoms with Crippen LogP contribution in [-0.4, -0.2) is 46.2 Å². The quantitative estimate of drug-likeness (QED) is 0.562. The summed E-state index contributed by atoms with van der Waals surface area (Å²) in [4.78, 5) is 47.4. The van der Waals surface area contributed by atoms with Crippen LogP contribution in [0.1, 0.15) is 26.3 Å². The molecule has 9 heteroatoms. The molecule has 0 aliphatic rings. The molecule has 2 amide bonds. The highest BCUT2D eigenvalue weighted by Gasteiger charge is 2.24. The lowest BCUT2D eigenvalue weighted by Gasteiger charge is -2.13. The molecule has 1 aromatic heterocycles. The second kappa shape index (κ2) is 7.97. The van der Waals surface area contributed by atoms with Crippen molar-refractivity contribution in [1.82, 2.24) is 15.2 Å². The van der Waals surface area contributed by atoms with Crippen molar-refractivity contribution in [2.75, 3.05) is 13.6 Å². The van der Waals surface area contributed by atoms with E-state index in [1.165, 1.54) is 7.05 Å². The van der Waals surface area contributed by atoms with Crippen LogP contribution in [0.15, 0.2) is 41.3 Å². The fourth-order valence-corrected chi connectivity index (χ4v) is 2.30. The van der Waals surface area contributed by atoms with Gasteiger partial charge in [-0.05, 0) is 5.56 Å². The van der Waals surface area contributed by atoms with Gasteiger partial charge in [0.1, 0.15) is 17.9 Å². The predicted molar refractivity (Wildman–Crippen MR) is 91.3 cm³/mol. The topological polar surface area (TPSA) is 138 Å². The Bertz CT molecular complexity index is 905. The predicted octanol–water partition coefficient (Wildman–Crippen LogP) is -0.224. The number of nitrogens with zero attached hydrogens (tertiary/aromatic N) is 1. The van der Waals surface area contributed by atoms with E-state index in [0.717, 1.165) is 16.3 Å². The minimum absolute atomic E-state index is 0.0587. The Morgan fingerprint density at radius 1 is 1.12 bits per heavy atom. The number of carbonyl (C=O) groups is 3. The molecule has 26 heavy (non-hydrogen) atoms. The second-order valence-electron chi connectivity index (χ2n) is 5.34. The molecule has 0 aliphatic heterocycles. The maximum absolute atomic E-state index is 12.6. The number of aromatic nitrogens is 1. The van der Waals surface area contributed by atoms with Gasteiger partial charge in [0.05, 0.1) is 12.1 Å². The van der Waals surface area contributed by atoms with Gasteiger partial charge in [-0.3, -0.25) is 19.2 Å². The maximum atomic E-state index is 12.6. The van der Waals surface area contributed by atoms with Gasteiger partial charge < -0.3 is 25.4 Å². The normalized spacial score (nSPS) is 10.2. The highest BCUT2D eigenvalue weighted by molar-refractivity contribution is 6.03. The summed E-state index contributed by atoms with van der Waals surface area (Å²) in [5.41, 5.74) is -1.08. The van der Waals surface area contributed by atoms with Crippen molar-refractivity contribution < 1.29 is 24.6 Å².